The van der Waals surface area contributed by atoms with Crippen molar-refractivity contribution in [2.45, 2.75) is 18.6 Å². The zero-order valence-electron chi connectivity index (χ0n) is 17.7. The van der Waals surface area contributed by atoms with Gasteiger partial charge in [-0.15, -0.1) is 12.4 Å². The summed E-state index contributed by atoms with van der Waals surface area (Å²) in [6.45, 7) is 0.300. The van der Waals surface area contributed by atoms with Gasteiger partial charge < -0.3 is 25.0 Å². The monoisotopic (exact) mass is 475 g/mol. The molecule has 0 saturated carbocycles. The quantitative estimate of drug-likeness (QED) is 0.269. The maximum atomic E-state index is 11.1. The number of nitrogens with one attached hydrogen (secondary N) is 1. The van der Waals surface area contributed by atoms with Crippen LogP contribution in [0.1, 0.15) is 5.56 Å². The molecule has 0 aliphatic rings. The fourth-order valence-corrected chi connectivity index (χ4v) is 2.96. The van der Waals surface area contributed by atoms with Gasteiger partial charge in [0.15, 0.2) is 0 Å². The lowest BCUT2D eigenvalue weighted by atomic mass is 10.1. The van der Waals surface area contributed by atoms with Crippen LogP contribution >= 0.6 is 12.4 Å². The van der Waals surface area contributed by atoms with Gasteiger partial charge in [0.25, 0.3) is 5.88 Å². The number of aliphatic hydroxyl groups is 2. The molecule has 0 aliphatic heterocycles. The molecular weight excluding hydrogens is 450 g/mol. The number of hydrogen-bond donors (Lipinski definition) is 3. The van der Waals surface area contributed by atoms with Gasteiger partial charge in [0.2, 0.25) is 0 Å². The van der Waals surface area contributed by atoms with E-state index in [1.54, 1.807) is 12.1 Å². The van der Waals surface area contributed by atoms with Crippen LogP contribution < -0.4 is 14.8 Å². The van der Waals surface area contributed by atoms with Gasteiger partial charge in [-0.3, -0.25) is 10.1 Å². The van der Waals surface area contributed by atoms with Crippen LogP contribution in [0.5, 0.6) is 17.4 Å². The highest BCUT2D eigenvalue weighted by atomic mass is 35.5. The van der Waals surface area contributed by atoms with Gasteiger partial charge in [-0.25, -0.2) is 4.98 Å². The zero-order valence-corrected chi connectivity index (χ0v) is 18.6. The summed E-state index contributed by atoms with van der Waals surface area (Å²) in [5.41, 5.74) is 0.713. The fourth-order valence-electron chi connectivity index (χ4n) is 2.96. The average molecular weight is 476 g/mol. The Balaban J connectivity index is 0.00000385. The molecule has 0 radical (unpaired) electrons. The highest BCUT2D eigenvalue weighted by Gasteiger charge is 2.17. The third-order valence-electron chi connectivity index (χ3n) is 4.62. The zero-order chi connectivity index (χ0) is 22.8. The molecule has 2 aromatic carbocycles. The van der Waals surface area contributed by atoms with Crippen LogP contribution in [-0.2, 0) is 6.42 Å². The summed E-state index contributed by atoms with van der Waals surface area (Å²) in [6.07, 6.45) is 1.22. The number of para-hydroxylation sites is 1. The lowest BCUT2D eigenvalue weighted by molar-refractivity contribution is -0.386. The summed E-state index contributed by atoms with van der Waals surface area (Å²) in [5.74, 6) is 1.02. The maximum absolute atomic E-state index is 11.1. The minimum absolute atomic E-state index is 0. The average Bonchev–Trinajstić information content (AvgIpc) is 2.82. The largest absolute Gasteiger partial charge is 0.491 e. The molecule has 0 fully saturated rings. The standard InChI is InChI=1S/C23H25N3O6.ClH/c27-15-18(25-14-19(28)16-31-20-5-2-1-3-6-20)13-17-8-10-21(11-9-17)32-23-22(26(29)30)7-4-12-24-23;/h1-12,18-19,25,27-28H,13-16H2;1H/t18-,19-;/m0./s1. The molecule has 0 spiro atoms. The number of hydrogen-bond acceptors (Lipinski definition) is 8. The molecule has 9 nitrogen and oxygen atoms in total. The van der Waals surface area contributed by atoms with Crippen molar-refractivity contribution in [1.82, 2.24) is 10.3 Å². The van der Waals surface area contributed by atoms with Crippen molar-refractivity contribution in [2.24, 2.45) is 0 Å². The smallest absolute Gasteiger partial charge is 0.331 e. The first kappa shape index (κ1) is 26.0. The van der Waals surface area contributed by atoms with Crippen LogP contribution in [0.2, 0.25) is 0 Å². The third kappa shape index (κ3) is 8.32. The molecule has 33 heavy (non-hydrogen) atoms. The molecule has 2 atom stereocenters. The molecule has 176 valence electrons. The van der Waals surface area contributed by atoms with E-state index in [1.165, 1.54) is 18.3 Å². The Hall–Kier alpha value is -3.24. The van der Waals surface area contributed by atoms with Gasteiger partial charge >= 0.3 is 5.69 Å². The van der Waals surface area contributed by atoms with E-state index in [0.717, 1.165) is 5.56 Å². The second-order valence-electron chi connectivity index (χ2n) is 7.10. The topological polar surface area (TPSA) is 127 Å². The van der Waals surface area contributed by atoms with Crippen LogP contribution in [-0.4, -0.2) is 52.0 Å². The summed E-state index contributed by atoms with van der Waals surface area (Å²) in [5, 5.41) is 34.0. The molecule has 0 saturated heterocycles. The SMILES string of the molecule is Cl.O=[N+]([O-])c1cccnc1Oc1ccc(C[C@@H](CO)NC[C@H](O)COc2ccccc2)cc1. The van der Waals surface area contributed by atoms with Crippen LogP contribution in [0.3, 0.4) is 0 Å². The van der Waals surface area contributed by atoms with Crippen molar-refractivity contribution >= 4 is 18.1 Å². The van der Waals surface area contributed by atoms with E-state index >= 15 is 0 Å². The molecule has 1 aromatic heterocycles. The van der Waals surface area contributed by atoms with E-state index < -0.39 is 11.0 Å². The molecule has 1 heterocycles. The summed E-state index contributed by atoms with van der Waals surface area (Å²) >= 11 is 0. The maximum Gasteiger partial charge on any atom is 0.331 e. The van der Waals surface area contributed by atoms with E-state index in [1.807, 2.05) is 42.5 Å². The Morgan fingerprint density at radius 3 is 2.42 bits per heavy atom. The van der Waals surface area contributed by atoms with Crippen LogP contribution in [0.15, 0.2) is 72.9 Å². The summed E-state index contributed by atoms with van der Waals surface area (Å²) in [7, 11) is 0. The number of benzene rings is 2. The highest BCUT2D eigenvalue weighted by Crippen LogP contribution is 2.28. The Morgan fingerprint density at radius 1 is 1.03 bits per heavy atom. The van der Waals surface area contributed by atoms with E-state index in [9.17, 15) is 20.3 Å². The van der Waals surface area contributed by atoms with Gasteiger partial charge in [-0.1, -0.05) is 30.3 Å². The lowest BCUT2D eigenvalue weighted by Gasteiger charge is -2.19. The predicted octanol–water partition coefficient (Wildman–Crippen LogP) is 3.14. The first-order chi connectivity index (χ1) is 15.5. The Bertz CT molecular complexity index is 991. The molecule has 10 heteroatoms. The van der Waals surface area contributed by atoms with Crippen molar-refractivity contribution in [2.75, 3.05) is 19.8 Å². The lowest BCUT2D eigenvalue weighted by Crippen LogP contribution is -2.41. The van der Waals surface area contributed by atoms with Crippen molar-refractivity contribution in [1.29, 1.82) is 0 Å². The Labute approximate surface area is 197 Å². The number of rotatable bonds is 12. The molecule has 0 bridgehead atoms. The Kier molecular flexibility index (Phi) is 10.5. The molecule has 3 aromatic rings. The summed E-state index contributed by atoms with van der Waals surface area (Å²) in [6, 6.07) is 18.8. The number of aromatic nitrogens is 1. The number of nitrogens with zero attached hydrogens (tertiary/aromatic N) is 2. The molecule has 3 N–H and O–H groups in total. The van der Waals surface area contributed by atoms with E-state index in [4.69, 9.17) is 9.47 Å². The summed E-state index contributed by atoms with van der Waals surface area (Å²) < 4.78 is 11.1. The minimum atomic E-state index is -0.728. The number of pyridine rings is 1. The van der Waals surface area contributed by atoms with Gasteiger partial charge in [0, 0.05) is 24.8 Å². The van der Waals surface area contributed by atoms with Crippen molar-refractivity contribution in [3.05, 3.63) is 88.6 Å². The van der Waals surface area contributed by atoms with Gasteiger partial charge in [0.1, 0.15) is 24.2 Å². The summed E-state index contributed by atoms with van der Waals surface area (Å²) in [4.78, 5) is 14.4. The molecule has 0 amide bonds. The molecule has 0 unspecified atom stereocenters. The van der Waals surface area contributed by atoms with Gasteiger partial charge in [-0.05, 0) is 42.3 Å². The number of ether oxygens (including phenoxy) is 2. The number of aliphatic hydroxyl groups excluding tert-OH is 2. The van der Waals surface area contributed by atoms with Crippen LogP contribution in [0, 0.1) is 10.1 Å². The van der Waals surface area contributed by atoms with E-state index in [0.29, 0.717) is 17.9 Å². The van der Waals surface area contributed by atoms with E-state index in [2.05, 4.69) is 10.3 Å². The molecule has 0 aliphatic carbocycles. The number of nitro groups is 1. The van der Waals surface area contributed by atoms with Crippen molar-refractivity contribution in [3.8, 4) is 17.4 Å². The van der Waals surface area contributed by atoms with Crippen LogP contribution in [0.25, 0.3) is 0 Å². The van der Waals surface area contributed by atoms with Crippen molar-refractivity contribution in [3.63, 3.8) is 0 Å². The minimum Gasteiger partial charge on any atom is -0.491 e. The second kappa shape index (κ2) is 13.3. The predicted molar refractivity (Wildman–Crippen MR) is 125 cm³/mol. The van der Waals surface area contributed by atoms with Crippen molar-refractivity contribution < 1.29 is 24.6 Å². The van der Waals surface area contributed by atoms with Gasteiger partial charge in [0.05, 0.1) is 11.5 Å². The molecule has 3 rings (SSSR count). The third-order valence-corrected chi connectivity index (χ3v) is 4.62. The second-order valence-corrected chi connectivity index (χ2v) is 7.10. The first-order valence-corrected chi connectivity index (χ1v) is 10.1. The molecular formula is C23H26ClN3O6. The van der Waals surface area contributed by atoms with Gasteiger partial charge in [-0.2, -0.15) is 0 Å². The number of halogens is 1. The Morgan fingerprint density at radius 2 is 1.76 bits per heavy atom. The van der Waals surface area contributed by atoms with Crippen LogP contribution in [0.4, 0.5) is 5.69 Å². The highest BCUT2D eigenvalue weighted by molar-refractivity contribution is 5.85. The first-order valence-electron chi connectivity index (χ1n) is 10.1. The normalized spacial score (nSPS) is 12.3. The fraction of sp³-hybridized carbons (Fsp3) is 0.261. The van der Waals surface area contributed by atoms with E-state index in [-0.39, 0.29) is 49.8 Å².